The Hall–Kier alpha value is -8.62. The van der Waals surface area contributed by atoms with E-state index in [9.17, 15) is 0 Å². The van der Waals surface area contributed by atoms with E-state index in [1.165, 1.54) is 0 Å². The van der Waals surface area contributed by atoms with E-state index in [2.05, 4.69) is 94.7 Å². The summed E-state index contributed by atoms with van der Waals surface area (Å²) in [6, 6.07) is 57.7. The lowest BCUT2D eigenvalue weighted by Gasteiger charge is -2.32. The van der Waals surface area contributed by atoms with Gasteiger partial charge in [-0.2, -0.15) is 0 Å². The number of furan rings is 4. The molecule has 0 bridgehead atoms. The minimum Gasteiger partial charge on any atom is -0.456 e. The van der Waals surface area contributed by atoms with E-state index < -0.39 is 0 Å². The molecule has 62 heavy (non-hydrogen) atoms. The maximum atomic E-state index is 6.74. The fraction of sp³-hybridized carbons (Fsp3) is 0. The summed E-state index contributed by atoms with van der Waals surface area (Å²) < 4.78 is 39.2. The van der Waals surface area contributed by atoms with Crippen molar-refractivity contribution in [1.82, 2.24) is 0 Å². The molecule has 0 saturated carbocycles. The van der Waals surface area contributed by atoms with Crippen LogP contribution in [0.2, 0.25) is 0 Å². The van der Waals surface area contributed by atoms with Crippen LogP contribution in [0.1, 0.15) is 0 Å². The first-order valence-corrected chi connectivity index (χ1v) is 20.5. The SMILES string of the molecule is c1ccc2c(c1)Oc1cc3c(cc1N2c1ccc2oc4ccccc4c2c1)oc1cc2c(cc13)oc1cc3c(cc12)Oc1ccccc1N3c1ccc2oc3ccccc3c2c1. The van der Waals surface area contributed by atoms with Crippen LogP contribution in [0.5, 0.6) is 23.0 Å². The summed E-state index contributed by atoms with van der Waals surface area (Å²) in [6.07, 6.45) is 0. The van der Waals surface area contributed by atoms with Gasteiger partial charge in [-0.25, -0.2) is 0 Å². The van der Waals surface area contributed by atoms with Crippen LogP contribution in [0.25, 0.3) is 87.8 Å². The highest BCUT2D eigenvalue weighted by atomic mass is 16.5. The lowest BCUT2D eigenvalue weighted by atomic mass is 10.0. The quantitative estimate of drug-likeness (QED) is 0.171. The maximum Gasteiger partial charge on any atom is 0.152 e. The molecule has 0 unspecified atom stereocenters. The van der Waals surface area contributed by atoms with Crippen molar-refractivity contribution >= 4 is 122 Å². The first-order chi connectivity index (χ1) is 30.7. The summed E-state index contributed by atoms with van der Waals surface area (Å²) in [5.41, 5.74) is 12.0. The molecule has 290 valence electrons. The van der Waals surface area contributed by atoms with Gasteiger partial charge in [0, 0.05) is 66.6 Å². The summed E-state index contributed by atoms with van der Waals surface area (Å²) in [7, 11) is 0. The average molecular weight is 801 g/mol. The van der Waals surface area contributed by atoms with Crippen LogP contribution in [-0.2, 0) is 0 Å². The van der Waals surface area contributed by atoms with Crippen LogP contribution >= 0.6 is 0 Å². The Bertz CT molecular complexity index is 3830. The molecular weight excluding hydrogens is 773 g/mol. The van der Waals surface area contributed by atoms with Crippen molar-refractivity contribution < 1.29 is 27.1 Å². The molecule has 2 aliphatic rings. The zero-order valence-corrected chi connectivity index (χ0v) is 32.5. The first-order valence-electron chi connectivity index (χ1n) is 20.5. The maximum absolute atomic E-state index is 6.74. The Labute approximate surface area is 350 Å². The summed E-state index contributed by atoms with van der Waals surface area (Å²) in [4.78, 5) is 4.47. The van der Waals surface area contributed by atoms with Gasteiger partial charge in [0.15, 0.2) is 23.0 Å². The minimum absolute atomic E-state index is 0.729. The molecular formula is C54H28N2O6. The third kappa shape index (κ3) is 4.34. The molecule has 9 aromatic carbocycles. The van der Waals surface area contributed by atoms with Crippen molar-refractivity contribution in [2.24, 2.45) is 0 Å². The molecule has 4 aromatic heterocycles. The third-order valence-corrected chi connectivity index (χ3v) is 12.6. The van der Waals surface area contributed by atoms with Crippen LogP contribution in [0.15, 0.2) is 188 Å². The van der Waals surface area contributed by atoms with E-state index in [-0.39, 0.29) is 0 Å². The highest BCUT2D eigenvalue weighted by Gasteiger charge is 2.30. The second-order valence-corrected chi connectivity index (χ2v) is 16.0. The summed E-state index contributed by atoms with van der Waals surface area (Å²) in [5.74, 6) is 2.99. The molecule has 0 radical (unpaired) electrons. The molecule has 8 nitrogen and oxygen atoms in total. The fourth-order valence-corrected chi connectivity index (χ4v) is 9.80. The van der Waals surface area contributed by atoms with Crippen molar-refractivity contribution in [3.63, 3.8) is 0 Å². The standard InChI is InChI=1S/C54H28N2O6/c1-5-13-43-31(9-1)33-21-29(17-19-45(33)57-43)55-39-11-3-7-15-47(39)59-53-25-37-35-23-50-36(24-49(35)61-51(37)27-41(53)55)38-26-54-42(28-52(38)62-50)56(40-12-4-8-16-48(40)60-54)30-18-20-46-34(22-30)32-10-2-6-14-44(32)58-46/h1-28H. The van der Waals surface area contributed by atoms with Crippen LogP contribution in [0, 0.1) is 0 Å². The van der Waals surface area contributed by atoms with E-state index in [0.717, 1.165) is 145 Å². The largest absolute Gasteiger partial charge is 0.456 e. The lowest BCUT2D eigenvalue weighted by Crippen LogP contribution is -2.15. The normalized spacial score (nSPS) is 13.4. The molecule has 15 rings (SSSR count). The van der Waals surface area contributed by atoms with Crippen molar-refractivity contribution in [3.05, 3.63) is 170 Å². The molecule has 0 fully saturated rings. The number of ether oxygens (including phenoxy) is 2. The summed E-state index contributed by atoms with van der Waals surface area (Å²) >= 11 is 0. The van der Waals surface area contributed by atoms with Gasteiger partial charge in [-0.05, 0) is 97.1 Å². The third-order valence-electron chi connectivity index (χ3n) is 12.6. The number of hydrogen-bond acceptors (Lipinski definition) is 8. The minimum atomic E-state index is 0.729. The van der Waals surface area contributed by atoms with Gasteiger partial charge in [0.05, 0.1) is 22.7 Å². The van der Waals surface area contributed by atoms with Crippen LogP contribution in [0.3, 0.4) is 0 Å². The van der Waals surface area contributed by atoms with E-state index in [1.54, 1.807) is 0 Å². The van der Waals surface area contributed by atoms with Crippen LogP contribution in [0.4, 0.5) is 34.1 Å². The predicted octanol–water partition coefficient (Wildman–Crippen LogP) is 16.4. The Morgan fingerprint density at radius 3 is 1.11 bits per heavy atom. The number of anilines is 6. The van der Waals surface area contributed by atoms with E-state index >= 15 is 0 Å². The molecule has 0 aliphatic carbocycles. The van der Waals surface area contributed by atoms with Crippen molar-refractivity contribution in [2.45, 2.75) is 0 Å². The molecule has 0 amide bonds. The van der Waals surface area contributed by atoms with Gasteiger partial charge < -0.3 is 36.9 Å². The first kappa shape index (κ1) is 32.3. The monoisotopic (exact) mass is 800 g/mol. The molecule has 6 heterocycles. The van der Waals surface area contributed by atoms with Crippen LogP contribution in [-0.4, -0.2) is 0 Å². The van der Waals surface area contributed by atoms with Crippen molar-refractivity contribution in [3.8, 4) is 23.0 Å². The van der Waals surface area contributed by atoms with E-state index in [1.807, 2.05) is 84.9 Å². The number of nitrogens with zero attached hydrogens (tertiary/aromatic N) is 2. The smallest absolute Gasteiger partial charge is 0.152 e. The zero-order valence-electron chi connectivity index (χ0n) is 32.5. The van der Waals surface area contributed by atoms with Gasteiger partial charge in [0.2, 0.25) is 0 Å². The molecule has 0 saturated heterocycles. The molecule has 13 aromatic rings. The van der Waals surface area contributed by atoms with Gasteiger partial charge in [0.25, 0.3) is 0 Å². The average Bonchev–Trinajstić information content (AvgIpc) is 4.07. The Morgan fingerprint density at radius 2 is 0.613 bits per heavy atom. The predicted molar refractivity (Wildman–Crippen MR) is 245 cm³/mol. The molecule has 2 aliphatic heterocycles. The van der Waals surface area contributed by atoms with E-state index in [4.69, 9.17) is 27.1 Å². The Kier molecular flexibility index (Phi) is 6.01. The highest BCUT2D eigenvalue weighted by molar-refractivity contribution is 6.17. The van der Waals surface area contributed by atoms with Crippen molar-refractivity contribution in [1.29, 1.82) is 0 Å². The number of hydrogen-bond donors (Lipinski definition) is 0. The number of rotatable bonds is 2. The fourth-order valence-electron chi connectivity index (χ4n) is 9.80. The van der Waals surface area contributed by atoms with Gasteiger partial charge in [-0.1, -0.05) is 60.7 Å². The molecule has 0 atom stereocenters. The molecule has 0 spiro atoms. The second kappa shape index (κ2) is 11.6. The molecule has 8 heteroatoms. The van der Waals surface area contributed by atoms with Gasteiger partial charge in [0.1, 0.15) is 44.7 Å². The Balaban J connectivity index is 0.887. The number of fused-ring (bicyclic) bond motifs is 16. The summed E-state index contributed by atoms with van der Waals surface area (Å²) in [5, 5.41) is 7.99. The second-order valence-electron chi connectivity index (χ2n) is 16.0. The summed E-state index contributed by atoms with van der Waals surface area (Å²) in [6.45, 7) is 0. The Morgan fingerprint density at radius 1 is 0.242 bits per heavy atom. The zero-order chi connectivity index (χ0) is 40.2. The van der Waals surface area contributed by atoms with Gasteiger partial charge >= 0.3 is 0 Å². The van der Waals surface area contributed by atoms with Crippen LogP contribution < -0.4 is 19.3 Å². The number of para-hydroxylation sites is 6. The molecule has 0 N–H and O–H groups in total. The number of benzene rings is 9. The topological polar surface area (TPSA) is 77.5 Å². The van der Waals surface area contributed by atoms with Gasteiger partial charge in [-0.15, -0.1) is 0 Å². The lowest BCUT2D eigenvalue weighted by molar-refractivity contribution is 0.477. The van der Waals surface area contributed by atoms with E-state index in [0.29, 0.717) is 0 Å². The van der Waals surface area contributed by atoms with Crippen molar-refractivity contribution in [2.75, 3.05) is 9.80 Å². The highest BCUT2D eigenvalue weighted by Crippen LogP contribution is 2.55. The van der Waals surface area contributed by atoms with Gasteiger partial charge in [-0.3, -0.25) is 0 Å².